The summed E-state index contributed by atoms with van der Waals surface area (Å²) in [6.45, 7) is 2.17. The predicted octanol–water partition coefficient (Wildman–Crippen LogP) is 1.77. The van der Waals surface area contributed by atoms with E-state index in [-0.39, 0.29) is 11.9 Å². The normalized spacial score (nSPS) is 22.2. The first-order valence-electron chi connectivity index (χ1n) is 6.57. The summed E-state index contributed by atoms with van der Waals surface area (Å²) in [5.41, 5.74) is 3.62. The highest BCUT2D eigenvalue weighted by Gasteiger charge is 2.26. The van der Waals surface area contributed by atoms with Gasteiger partial charge >= 0.3 is 0 Å². The lowest BCUT2D eigenvalue weighted by Crippen LogP contribution is -2.34. The van der Waals surface area contributed by atoms with Gasteiger partial charge in [-0.1, -0.05) is 6.92 Å². The van der Waals surface area contributed by atoms with Gasteiger partial charge in [-0.2, -0.15) is 11.8 Å². The molecule has 5 nitrogen and oxygen atoms in total. The van der Waals surface area contributed by atoms with Crippen LogP contribution in [0.3, 0.4) is 0 Å². The standard InChI is InChI=1S/C13H20N4OS/c1-2-19-10-4-3-9(7-10)16-13(18)11-8-15-6-5-12(11)17-14/h5-6,8-10H,2-4,7,14H2,1H3,(H,15,17)(H,16,18). The number of nitrogen functional groups attached to an aromatic ring is 1. The molecule has 0 radical (unpaired) electrons. The summed E-state index contributed by atoms with van der Waals surface area (Å²) in [5, 5.41) is 3.75. The van der Waals surface area contributed by atoms with Crippen molar-refractivity contribution in [2.45, 2.75) is 37.5 Å². The van der Waals surface area contributed by atoms with Crippen LogP contribution in [0.15, 0.2) is 18.5 Å². The Morgan fingerprint density at radius 3 is 3.16 bits per heavy atom. The zero-order valence-corrected chi connectivity index (χ0v) is 11.9. The van der Waals surface area contributed by atoms with Gasteiger partial charge in [0.2, 0.25) is 0 Å². The van der Waals surface area contributed by atoms with Gasteiger partial charge in [0.1, 0.15) is 0 Å². The number of rotatable bonds is 5. The summed E-state index contributed by atoms with van der Waals surface area (Å²) >= 11 is 1.98. The average Bonchev–Trinajstić information content (AvgIpc) is 2.86. The summed E-state index contributed by atoms with van der Waals surface area (Å²) in [6, 6.07) is 1.96. The minimum absolute atomic E-state index is 0.104. The molecule has 1 aliphatic carbocycles. The molecule has 0 bridgehead atoms. The highest BCUT2D eigenvalue weighted by molar-refractivity contribution is 7.99. The molecule has 1 fully saturated rings. The zero-order valence-electron chi connectivity index (χ0n) is 11.1. The first kappa shape index (κ1) is 14.1. The van der Waals surface area contributed by atoms with E-state index >= 15 is 0 Å². The highest BCUT2D eigenvalue weighted by Crippen LogP contribution is 2.30. The van der Waals surface area contributed by atoms with Crippen LogP contribution >= 0.6 is 11.8 Å². The SMILES string of the molecule is CCSC1CCC(NC(=O)c2cnccc2NN)C1. The summed E-state index contributed by atoms with van der Waals surface area (Å²) in [5.74, 6) is 6.43. The maximum atomic E-state index is 12.2. The van der Waals surface area contributed by atoms with E-state index in [0.717, 1.165) is 18.6 Å². The number of aromatic nitrogens is 1. The number of hydrazine groups is 1. The molecule has 19 heavy (non-hydrogen) atoms. The average molecular weight is 280 g/mol. The van der Waals surface area contributed by atoms with Crippen molar-refractivity contribution < 1.29 is 4.79 Å². The summed E-state index contributed by atoms with van der Waals surface area (Å²) in [7, 11) is 0. The van der Waals surface area contributed by atoms with Crippen LogP contribution in [-0.2, 0) is 0 Å². The summed E-state index contributed by atoms with van der Waals surface area (Å²) in [6.07, 6.45) is 6.43. The smallest absolute Gasteiger partial charge is 0.255 e. The monoisotopic (exact) mass is 280 g/mol. The fourth-order valence-corrected chi connectivity index (χ4v) is 3.57. The molecule has 4 N–H and O–H groups in total. The second-order valence-electron chi connectivity index (χ2n) is 4.63. The number of anilines is 1. The van der Waals surface area contributed by atoms with Gasteiger partial charge in [0.15, 0.2) is 0 Å². The molecular weight excluding hydrogens is 260 g/mol. The van der Waals surface area contributed by atoms with Crippen molar-refractivity contribution >= 4 is 23.4 Å². The summed E-state index contributed by atoms with van der Waals surface area (Å²) < 4.78 is 0. The third-order valence-electron chi connectivity index (χ3n) is 3.34. The van der Waals surface area contributed by atoms with E-state index < -0.39 is 0 Å². The van der Waals surface area contributed by atoms with Gasteiger partial charge in [0.05, 0.1) is 11.3 Å². The number of nitrogens with zero attached hydrogens (tertiary/aromatic N) is 1. The molecule has 2 rings (SSSR count). The minimum Gasteiger partial charge on any atom is -0.349 e. The molecule has 0 saturated heterocycles. The number of hydrogen-bond donors (Lipinski definition) is 3. The number of nitrogens with two attached hydrogens (primary N) is 1. The fourth-order valence-electron chi connectivity index (χ4n) is 2.42. The van der Waals surface area contributed by atoms with Crippen LogP contribution in [0, 0.1) is 0 Å². The van der Waals surface area contributed by atoms with Crippen molar-refractivity contribution in [1.29, 1.82) is 0 Å². The molecule has 1 aromatic rings. The molecule has 104 valence electrons. The Balaban J connectivity index is 1.94. The third kappa shape index (κ3) is 3.61. The molecule has 1 amide bonds. The molecular formula is C13H20N4OS. The molecule has 1 heterocycles. The maximum Gasteiger partial charge on any atom is 0.255 e. The number of hydrogen-bond acceptors (Lipinski definition) is 5. The quantitative estimate of drug-likeness (QED) is 0.566. The minimum atomic E-state index is -0.104. The number of carbonyl (C=O) groups excluding carboxylic acids is 1. The van der Waals surface area contributed by atoms with E-state index in [1.807, 2.05) is 11.8 Å². The van der Waals surface area contributed by atoms with Crippen LogP contribution in [-0.4, -0.2) is 27.9 Å². The van der Waals surface area contributed by atoms with E-state index in [0.29, 0.717) is 16.5 Å². The van der Waals surface area contributed by atoms with Crippen molar-refractivity contribution in [3.05, 3.63) is 24.0 Å². The van der Waals surface area contributed by atoms with Gasteiger partial charge in [0, 0.05) is 23.7 Å². The fraction of sp³-hybridized carbons (Fsp3) is 0.538. The number of thioether (sulfide) groups is 1. The molecule has 2 atom stereocenters. The van der Waals surface area contributed by atoms with Crippen LogP contribution in [0.25, 0.3) is 0 Å². The Morgan fingerprint density at radius 1 is 1.58 bits per heavy atom. The van der Waals surface area contributed by atoms with E-state index in [2.05, 4.69) is 22.7 Å². The van der Waals surface area contributed by atoms with Crippen molar-refractivity contribution in [3.63, 3.8) is 0 Å². The zero-order chi connectivity index (χ0) is 13.7. The van der Waals surface area contributed by atoms with Crippen LogP contribution in [0.4, 0.5) is 5.69 Å². The van der Waals surface area contributed by atoms with E-state index in [4.69, 9.17) is 5.84 Å². The van der Waals surface area contributed by atoms with E-state index in [1.165, 1.54) is 12.6 Å². The topological polar surface area (TPSA) is 80.0 Å². The molecule has 1 saturated carbocycles. The van der Waals surface area contributed by atoms with Crippen LogP contribution < -0.4 is 16.6 Å². The number of carbonyl (C=O) groups is 1. The number of nitrogens with one attached hydrogen (secondary N) is 2. The molecule has 0 aromatic carbocycles. The molecule has 6 heteroatoms. The largest absolute Gasteiger partial charge is 0.349 e. The second kappa shape index (κ2) is 6.77. The van der Waals surface area contributed by atoms with Crippen molar-refractivity contribution in [3.8, 4) is 0 Å². The van der Waals surface area contributed by atoms with Crippen molar-refractivity contribution in [2.24, 2.45) is 5.84 Å². The lowest BCUT2D eigenvalue weighted by Gasteiger charge is -2.14. The van der Waals surface area contributed by atoms with Crippen LogP contribution in [0.5, 0.6) is 0 Å². The lowest BCUT2D eigenvalue weighted by atomic mass is 10.2. The highest BCUT2D eigenvalue weighted by atomic mass is 32.2. The second-order valence-corrected chi connectivity index (χ2v) is 6.20. The van der Waals surface area contributed by atoms with Gasteiger partial charge in [0.25, 0.3) is 5.91 Å². The molecule has 1 aromatic heterocycles. The lowest BCUT2D eigenvalue weighted by molar-refractivity contribution is 0.0938. The number of amides is 1. The maximum absolute atomic E-state index is 12.2. The molecule has 1 aliphatic rings. The van der Waals surface area contributed by atoms with Gasteiger partial charge in [-0.25, -0.2) is 0 Å². The third-order valence-corrected chi connectivity index (χ3v) is 4.58. The first-order chi connectivity index (χ1) is 9.24. The molecule has 0 aliphatic heterocycles. The summed E-state index contributed by atoms with van der Waals surface area (Å²) in [4.78, 5) is 16.2. The van der Waals surface area contributed by atoms with Gasteiger partial charge < -0.3 is 10.7 Å². The predicted molar refractivity (Wildman–Crippen MR) is 79.1 cm³/mol. The molecule has 0 spiro atoms. The number of pyridine rings is 1. The van der Waals surface area contributed by atoms with Gasteiger partial charge in [-0.3, -0.25) is 15.6 Å². The van der Waals surface area contributed by atoms with E-state index in [9.17, 15) is 4.79 Å². The Bertz CT molecular complexity index is 440. The van der Waals surface area contributed by atoms with Gasteiger partial charge in [-0.15, -0.1) is 0 Å². The Hall–Kier alpha value is -1.27. The molecule has 2 unspecified atom stereocenters. The van der Waals surface area contributed by atoms with Gasteiger partial charge in [-0.05, 0) is 31.1 Å². The van der Waals surface area contributed by atoms with Crippen LogP contribution in [0.1, 0.15) is 36.5 Å². The Kier molecular flexibility index (Phi) is 5.04. The van der Waals surface area contributed by atoms with Crippen LogP contribution in [0.2, 0.25) is 0 Å². The first-order valence-corrected chi connectivity index (χ1v) is 7.62. The van der Waals surface area contributed by atoms with Crippen molar-refractivity contribution in [2.75, 3.05) is 11.2 Å². The Labute approximate surface area is 117 Å². The van der Waals surface area contributed by atoms with E-state index in [1.54, 1.807) is 12.3 Å². The van der Waals surface area contributed by atoms with Crippen molar-refractivity contribution in [1.82, 2.24) is 10.3 Å². The Morgan fingerprint density at radius 2 is 2.42 bits per heavy atom.